The number of nitrogen functional groups attached to an aromatic ring is 1. The van der Waals surface area contributed by atoms with E-state index < -0.39 is 5.41 Å². The van der Waals surface area contributed by atoms with Crippen molar-refractivity contribution in [3.8, 4) is 16.9 Å². The molecule has 1 aliphatic heterocycles. The molecule has 1 aliphatic carbocycles. The zero-order valence-electron chi connectivity index (χ0n) is 27.7. The highest BCUT2D eigenvalue weighted by atomic mass is 16.5. The van der Waals surface area contributed by atoms with Crippen molar-refractivity contribution < 1.29 is 19.1 Å². The van der Waals surface area contributed by atoms with Crippen molar-refractivity contribution in [1.29, 1.82) is 0 Å². The van der Waals surface area contributed by atoms with E-state index in [0.717, 1.165) is 40.8 Å². The minimum absolute atomic E-state index is 0.0395. The molecule has 1 saturated carbocycles. The first-order valence-corrected chi connectivity index (χ1v) is 16.1. The third-order valence-corrected chi connectivity index (χ3v) is 8.88. The number of hydrogen-bond donors (Lipinski definition) is 1. The molecule has 1 saturated heterocycles. The minimum atomic E-state index is -0.611. The number of nitrogens with zero attached hydrogens (tertiary/aromatic N) is 8. The van der Waals surface area contributed by atoms with Crippen LogP contribution in [-0.2, 0) is 27.7 Å². The maximum Gasteiger partial charge on any atom is 0.313 e. The lowest BCUT2D eigenvalue weighted by molar-refractivity contribution is -0.157. The van der Waals surface area contributed by atoms with Gasteiger partial charge >= 0.3 is 5.97 Å². The van der Waals surface area contributed by atoms with E-state index in [2.05, 4.69) is 43.7 Å². The molecule has 4 heterocycles. The van der Waals surface area contributed by atoms with Crippen LogP contribution in [0.15, 0.2) is 48.9 Å². The molecule has 0 spiro atoms. The third-order valence-electron chi connectivity index (χ3n) is 8.88. The maximum atomic E-state index is 13.0. The number of ether oxygens (including phenoxy) is 2. The maximum absolute atomic E-state index is 13.0. The van der Waals surface area contributed by atoms with Crippen LogP contribution in [0.1, 0.15) is 57.5 Å². The lowest BCUT2D eigenvalue weighted by Crippen LogP contribution is -2.28. The first-order chi connectivity index (χ1) is 22.5. The minimum Gasteiger partial charge on any atom is -0.487 e. The van der Waals surface area contributed by atoms with Gasteiger partial charge in [-0.15, -0.1) is 5.10 Å². The zero-order chi connectivity index (χ0) is 33.3. The second-order valence-corrected chi connectivity index (χ2v) is 13.4. The van der Waals surface area contributed by atoms with Crippen LogP contribution in [0.25, 0.3) is 22.2 Å². The predicted molar refractivity (Wildman–Crippen MR) is 177 cm³/mol. The number of esters is 1. The number of likely N-dealkylation sites (N-methyl/N-ethyl adjacent to an activating group) is 1. The van der Waals surface area contributed by atoms with Gasteiger partial charge in [0.1, 0.15) is 30.1 Å². The van der Waals surface area contributed by atoms with E-state index in [1.807, 2.05) is 35.2 Å². The molecule has 3 aromatic heterocycles. The van der Waals surface area contributed by atoms with Crippen LogP contribution in [0, 0.1) is 12.3 Å². The van der Waals surface area contributed by atoms with E-state index >= 15 is 0 Å². The Hall–Kier alpha value is -4.78. The molecule has 13 heteroatoms. The first-order valence-electron chi connectivity index (χ1n) is 16.1. The second-order valence-electron chi connectivity index (χ2n) is 13.4. The molecule has 1 atom stereocenters. The molecule has 1 amide bonds. The first kappa shape index (κ1) is 32.2. The van der Waals surface area contributed by atoms with E-state index in [0.29, 0.717) is 36.4 Å². The second kappa shape index (κ2) is 13.1. The van der Waals surface area contributed by atoms with Gasteiger partial charge in [0.25, 0.3) is 0 Å². The highest BCUT2D eigenvalue weighted by Gasteiger charge is 2.31. The molecular weight excluding hydrogens is 598 g/mol. The van der Waals surface area contributed by atoms with Crippen LogP contribution in [0.5, 0.6) is 5.75 Å². The normalized spacial score (nSPS) is 16.9. The SMILES string of the molecule is Cc1c(-c2ccc(OCc3cnnn3COC(=O)C(C)(C)C)cc2)c2c(N)ncnc2n1[C@@H]1CCN(C(=O)/C=C/CN(C)C2CC2)C1. The topological polar surface area (TPSA) is 147 Å². The number of carbonyl (C=O) groups excluding carboxylic acids is 2. The summed E-state index contributed by atoms with van der Waals surface area (Å²) in [7, 11) is 2.11. The number of anilines is 1. The number of carbonyl (C=O) groups is 2. The van der Waals surface area contributed by atoms with Gasteiger partial charge in [0.15, 0.2) is 6.73 Å². The number of fused-ring (bicyclic) bond motifs is 1. The Kier molecular flexibility index (Phi) is 9.00. The van der Waals surface area contributed by atoms with E-state index in [-0.39, 0.29) is 31.3 Å². The molecule has 2 fully saturated rings. The molecule has 0 radical (unpaired) electrons. The van der Waals surface area contributed by atoms with Gasteiger partial charge in [0.05, 0.1) is 28.7 Å². The molecular formula is C34H43N9O4. The van der Waals surface area contributed by atoms with Gasteiger partial charge in [-0.1, -0.05) is 23.4 Å². The fourth-order valence-corrected chi connectivity index (χ4v) is 6.03. The summed E-state index contributed by atoms with van der Waals surface area (Å²) in [4.78, 5) is 38.4. The molecule has 2 aliphatic rings. The molecule has 13 nitrogen and oxygen atoms in total. The van der Waals surface area contributed by atoms with Gasteiger partial charge in [0.2, 0.25) is 5.91 Å². The molecule has 0 unspecified atom stereocenters. The van der Waals surface area contributed by atoms with Crippen molar-refractivity contribution in [2.24, 2.45) is 5.41 Å². The lowest BCUT2D eigenvalue weighted by Gasteiger charge is -2.18. The van der Waals surface area contributed by atoms with Crippen LogP contribution < -0.4 is 10.5 Å². The Morgan fingerprint density at radius 3 is 2.62 bits per heavy atom. The lowest BCUT2D eigenvalue weighted by atomic mass is 9.98. The van der Waals surface area contributed by atoms with Gasteiger partial charge in [-0.05, 0) is 71.7 Å². The number of aromatic nitrogens is 6. The van der Waals surface area contributed by atoms with Crippen molar-refractivity contribution in [3.05, 3.63) is 60.3 Å². The van der Waals surface area contributed by atoms with Gasteiger partial charge in [-0.25, -0.2) is 14.6 Å². The number of hydrogen-bond acceptors (Lipinski definition) is 10. The molecule has 1 aromatic carbocycles. The van der Waals surface area contributed by atoms with Crippen molar-refractivity contribution in [2.75, 3.05) is 32.4 Å². The summed E-state index contributed by atoms with van der Waals surface area (Å²) in [5.74, 6) is 0.783. The summed E-state index contributed by atoms with van der Waals surface area (Å²) < 4.78 is 15.1. The van der Waals surface area contributed by atoms with Gasteiger partial charge in [-0.3, -0.25) is 14.5 Å². The fourth-order valence-electron chi connectivity index (χ4n) is 6.03. The Balaban J connectivity index is 1.15. The van der Waals surface area contributed by atoms with E-state index in [4.69, 9.17) is 15.2 Å². The van der Waals surface area contributed by atoms with Crippen LogP contribution in [-0.4, -0.2) is 83.9 Å². The Labute approximate surface area is 274 Å². The van der Waals surface area contributed by atoms with E-state index in [9.17, 15) is 9.59 Å². The summed E-state index contributed by atoms with van der Waals surface area (Å²) in [5.41, 5.74) is 10.2. The van der Waals surface area contributed by atoms with Crippen LogP contribution in [0.2, 0.25) is 0 Å². The zero-order valence-corrected chi connectivity index (χ0v) is 27.7. The number of benzene rings is 1. The highest BCUT2D eigenvalue weighted by Crippen LogP contribution is 2.40. The largest absolute Gasteiger partial charge is 0.487 e. The third kappa shape index (κ3) is 6.99. The predicted octanol–water partition coefficient (Wildman–Crippen LogP) is 4.13. The summed E-state index contributed by atoms with van der Waals surface area (Å²) in [6.07, 6.45) is 10.1. The molecule has 47 heavy (non-hydrogen) atoms. The van der Waals surface area contributed by atoms with Crippen molar-refractivity contribution >= 4 is 28.7 Å². The summed E-state index contributed by atoms with van der Waals surface area (Å²) in [6.45, 7) is 9.68. The molecule has 248 valence electrons. The quantitative estimate of drug-likeness (QED) is 0.187. The van der Waals surface area contributed by atoms with E-state index in [1.165, 1.54) is 23.9 Å². The van der Waals surface area contributed by atoms with E-state index in [1.54, 1.807) is 33.0 Å². The van der Waals surface area contributed by atoms with Gasteiger partial charge < -0.3 is 24.7 Å². The Morgan fingerprint density at radius 2 is 1.89 bits per heavy atom. The molecule has 2 N–H and O–H groups in total. The molecule has 4 aromatic rings. The van der Waals surface area contributed by atoms with Crippen molar-refractivity contribution in [2.45, 2.75) is 72.4 Å². The molecule has 0 bridgehead atoms. The summed E-state index contributed by atoms with van der Waals surface area (Å²) >= 11 is 0. The average Bonchev–Trinajstić information content (AvgIpc) is 3.47. The van der Waals surface area contributed by atoms with Crippen molar-refractivity contribution in [3.63, 3.8) is 0 Å². The highest BCUT2D eigenvalue weighted by molar-refractivity contribution is 6.02. The molecule has 6 rings (SSSR count). The van der Waals surface area contributed by atoms with Crippen molar-refractivity contribution in [1.82, 2.24) is 39.3 Å². The number of likely N-dealkylation sites (tertiary alicyclic amines) is 1. The van der Waals surface area contributed by atoms with Gasteiger partial charge in [0, 0.05) is 43.0 Å². The Morgan fingerprint density at radius 1 is 1.13 bits per heavy atom. The average molecular weight is 642 g/mol. The monoisotopic (exact) mass is 641 g/mol. The van der Waals surface area contributed by atoms with Crippen LogP contribution >= 0.6 is 0 Å². The van der Waals surface area contributed by atoms with Crippen LogP contribution in [0.4, 0.5) is 5.82 Å². The number of nitrogens with two attached hydrogens (primary N) is 1. The number of rotatable bonds is 11. The fraction of sp³-hybridized carbons (Fsp3) is 0.471. The van der Waals surface area contributed by atoms with Crippen LogP contribution in [0.3, 0.4) is 0 Å². The number of amides is 1. The van der Waals surface area contributed by atoms with Gasteiger partial charge in [-0.2, -0.15) is 0 Å². The standard InChI is InChI=1S/C34H43N9O4/c1-22-29(23-8-12-27(13-9-23)46-19-26-17-38-39-42(26)21-47-33(45)34(2,3)4)30-31(35)36-20-37-32(30)43(22)25-14-16-41(18-25)28(44)7-6-15-40(5)24-10-11-24/h6-9,12-13,17,20,24-25H,10-11,14-16,18-19,21H2,1-5H3,(H2,35,36,37)/b7-6+/t25-/m1/s1. The summed E-state index contributed by atoms with van der Waals surface area (Å²) in [5, 5.41) is 8.75. The summed E-state index contributed by atoms with van der Waals surface area (Å²) in [6, 6.07) is 8.50. The Bertz CT molecular complexity index is 1780. The smallest absolute Gasteiger partial charge is 0.313 e.